The van der Waals surface area contributed by atoms with Crippen molar-refractivity contribution in [2.75, 3.05) is 7.11 Å². The monoisotopic (exact) mass is 290 g/mol. The number of nitrogens with one attached hydrogen (secondary N) is 1. The van der Waals surface area contributed by atoms with Crippen LogP contribution in [0.5, 0.6) is 0 Å². The number of carbonyl (C=O) groups excluding carboxylic acids is 1. The number of methoxy groups -OCH3 is 1. The molecule has 0 aliphatic carbocycles. The van der Waals surface area contributed by atoms with E-state index in [2.05, 4.69) is 14.6 Å². The maximum absolute atomic E-state index is 8.95. The largest absolute Gasteiger partial charge is 0.471 e. The van der Waals surface area contributed by atoms with Crippen molar-refractivity contribution in [3.05, 3.63) is 29.6 Å². The lowest BCUT2D eigenvalue weighted by atomic mass is 10.1. The number of hydrogen-bond donors (Lipinski definition) is 2. The Hall–Kier alpha value is -1.17. The molecule has 0 aliphatic rings. The highest BCUT2D eigenvalue weighted by Crippen LogP contribution is 2.03. The van der Waals surface area contributed by atoms with Gasteiger partial charge < -0.3 is 9.84 Å². The Morgan fingerprint density at radius 1 is 1.53 bits per heavy atom. The summed E-state index contributed by atoms with van der Waals surface area (Å²) in [5.41, 5.74) is 1.80. The summed E-state index contributed by atoms with van der Waals surface area (Å²) < 4.78 is 3.86. The summed E-state index contributed by atoms with van der Waals surface area (Å²) in [7, 11) is 1.31. The van der Waals surface area contributed by atoms with Crippen molar-refractivity contribution in [1.29, 1.82) is 0 Å². The molecule has 0 saturated heterocycles. The molecule has 2 N–H and O–H groups in total. The quantitative estimate of drug-likeness (QED) is 0.641. The third-order valence-electron chi connectivity index (χ3n) is 1.87. The van der Waals surface area contributed by atoms with Crippen molar-refractivity contribution >= 4 is 18.2 Å². The van der Waals surface area contributed by atoms with E-state index in [0.717, 1.165) is 17.7 Å². The van der Waals surface area contributed by atoms with Crippen LogP contribution in [0.15, 0.2) is 18.3 Å². The number of ether oxygens (including phenoxy) is 1. The number of hydrogen-bond acceptors (Lipinski definition) is 5. The minimum atomic E-state index is 0.0383. The molecule has 1 aromatic rings. The number of pyridine rings is 1. The molecule has 0 aliphatic heterocycles. The first-order chi connectivity index (χ1) is 9.17. The highest BCUT2D eigenvalue weighted by molar-refractivity contribution is 6.13. The first-order valence-corrected chi connectivity index (χ1v) is 6.43. The van der Waals surface area contributed by atoms with Crippen LogP contribution in [0.4, 0.5) is 0 Å². The second kappa shape index (κ2) is 14.9. The predicted molar refractivity (Wildman–Crippen MR) is 76.7 cm³/mol. The predicted octanol–water partition coefficient (Wildman–Crippen LogP) is 2.06. The Balaban J connectivity index is 0. The molecule has 0 fully saturated rings. The van der Waals surface area contributed by atoms with E-state index in [1.54, 1.807) is 6.20 Å². The molecule has 1 unspecified atom stereocenters. The average Bonchev–Trinajstić information content (AvgIpc) is 2.50. The van der Waals surface area contributed by atoms with Gasteiger partial charge in [0.15, 0.2) is 0 Å². The van der Waals surface area contributed by atoms with Crippen LogP contribution >= 0.6 is 11.8 Å². The molecule has 110 valence electrons. The van der Waals surface area contributed by atoms with Crippen LogP contribution in [0.1, 0.15) is 32.0 Å². The van der Waals surface area contributed by atoms with Gasteiger partial charge in [0.25, 0.3) is 6.47 Å². The fraction of sp³-hybridized carbons (Fsp3) is 0.538. The van der Waals surface area contributed by atoms with Gasteiger partial charge in [0.2, 0.25) is 0 Å². The van der Waals surface area contributed by atoms with Crippen LogP contribution in [-0.2, 0) is 22.6 Å². The lowest BCUT2D eigenvalue weighted by Gasteiger charge is -2.07. The lowest BCUT2D eigenvalue weighted by molar-refractivity contribution is -0.126. The van der Waals surface area contributed by atoms with Crippen molar-refractivity contribution in [2.45, 2.75) is 39.8 Å². The zero-order valence-electron chi connectivity index (χ0n) is 11.9. The normalized spacial score (nSPS) is 10.2. The van der Waals surface area contributed by atoms with E-state index < -0.39 is 0 Å². The number of rotatable bonds is 5. The highest BCUT2D eigenvalue weighted by Gasteiger charge is 2.02. The number of aromatic nitrogens is 1. The molecule has 1 heterocycles. The maximum atomic E-state index is 8.95. The second-order valence-corrected chi connectivity index (χ2v) is 3.58. The van der Waals surface area contributed by atoms with E-state index in [1.807, 2.05) is 32.9 Å². The van der Waals surface area contributed by atoms with E-state index in [0.29, 0.717) is 6.47 Å². The van der Waals surface area contributed by atoms with E-state index >= 15 is 0 Å². The third-order valence-corrected chi connectivity index (χ3v) is 2.24. The van der Waals surface area contributed by atoms with Gasteiger partial charge in [-0.25, -0.2) is 4.84 Å². The van der Waals surface area contributed by atoms with E-state index in [9.17, 15) is 0 Å². The topological polar surface area (TPSA) is 71.5 Å². The summed E-state index contributed by atoms with van der Waals surface area (Å²) in [6, 6.07) is 3.97. The van der Waals surface area contributed by atoms with Crippen LogP contribution in [0, 0.1) is 0 Å². The summed E-state index contributed by atoms with van der Waals surface area (Å²) in [4.78, 5) is 15.8. The van der Waals surface area contributed by atoms with Crippen LogP contribution in [0.3, 0.4) is 0 Å². The maximum Gasteiger partial charge on any atom is 0.292 e. The lowest BCUT2D eigenvalue weighted by Crippen LogP contribution is -2.19. The summed E-state index contributed by atoms with van der Waals surface area (Å²) >= 11 is 5.44. The zero-order chi connectivity index (χ0) is 15.1. The van der Waals surface area contributed by atoms with Gasteiger partial charge in [-0.3, -0.25) is 9.78 Å². The van der Waals surface area contributed by atoms with Crippen LogP contribution in [0.2, 0.25) is 0 Å². The Morgan fingerprint density at radius 3 is 2.42 bits per heavy atom. The second-order valence-electron chi connectivity index (χ2n) is 3.36. The van der Waals surface area contributed by atoms with Crippen molar-refractivity contribution in [3.63, 3.8) is 0 Å². The minimum Gasteiger partial charge on any atom is -0.471 e. The molecule has 0 amide bonds. The minimum absolute atomic E-state index is 0.0383. The standard InChI is InChI=1S/C9H13ClN2O.C2H4O2.C2H6/c1-7(12-10)4-9-3-2-8(6-13)5-11-9;1-4-2-3;1-2/h2-3,5,7,12-13H,4,6H2,1H3;2H,1H3;1-2H3. The summed E-state index contributed by atoms with van der Waals surface area (Å²) in [6.45, 7) is 6.39. The molecule has 1 aromatic heterocycles. The molecule has 5 nitrogen and oxygen atoms in total. The van der Waals surface area contributed by atoms with Gasteiger partial charge in [-0.15, -0.1) is 0 Å². The molecule has 0 spiro atoms. The molecule has 6 heteroatoms. The summed E-state index contributed by atoms with van der Waals surface area (Å²) in [5.74, 6) is 0. The van der Waals surface area contributed by atoms with Gasteiger partial charge in [-0.1, -0.05) is 19.9 Å². The molecule has 0 aromatic carbocycles. The van der Waals surface area contributed by atoms with E-state index in [1.165, 1.54) is 7.11 Å². The molecule has 0 radical (unpaired) electrons. The number of aliphatic hydroxyl groups excluding tert-OH is 1. The van der Waals surface area contributed by atoms with Gasteiger partial charge in [0, 0.05) is 24.4 Å². The fourth-order valence-corrected chi connectivity index (χ4v) is 1.10. The fourth-order valence-electron chi connectivity index (χ4n) is 1.02. The number of carbonyl (C=O) groups is 1. The number of nitrogens with zero attached hydrogens (tertiary/aromatic N) is 1. The Bertz CT molecular complexity index is 307. The third kappa shape index (κ3) is 11.6. The number of aliphatic hydroxyl groups is 1. The van der Waals surface area contributed by atoms with E-state index in [4.69, 9.17) is 21.7 Å². The van der Waals surface area contributed by atoms with Crippen LogP contribution in [0.25, 0.3) is 0 Å². The molecular formula is C13H23ClN2O3. The summed E-state index contributed by atoms with van der Waals surface area (Å²) in [6.07, 6.45) is 2.46. The van der Waals surface area contributed by atoms with Crippen molar-refractivity contribution in [1.82, 2.24) is 9.82 Å². The summed E-state index contributed by atoms with van der Waals surface area (Å²) in [5, 5.41) is 8.78. The molecule has 0 bridgehead atoms. The first kappa shape index (κ1) is 20.2. The molecule has 1 rings (SSSR count). The van der Waals surface area contributed by atoms with Crippen LogP contribution < -0.4 is 4.84 Å². The zero-order valence-corrected chi connectivity index (χ0v) is 12.6. The van der Waals surface area contributed by atoms with Crippen molar-refractivity contribution in [2.24, 2.45) is 0 Å². The van der Waals surface area contributed by atoms with Crippen molar-refractivity contribution < 1.29 is 14.6 Å². The van der Waals surface area contributed by atoms with Gasteiger partial charge in [0.05, 0.1) is 13.7 Å². The van der Waals surface area contributed by atoms with Gasteiger partial charge in [-0.05, 0) is 30.3 Å². The number of halogens is 1. The van der Waals surface area contributed by atoms with Gasteiger partial charge in [0.1, 0.15) is 0 Å². The SMILES string of the molecule is CC.CC(Cc1ccc(CO)cn1)NCl.COC=O. The Morgan fingerprint density at radius 2 is 2.11 bits per heavy atom. The molecular weight excluding hydrogens is 268 g/mol. The van der Waals surface area contributed by atoms with Crippen molar-refractivity contribution in [3.8, 4) is 0 Å². The van der Waals surface area contributed by atoms with Crippen LogP contribution in [-0.4, -0.2) is 29.7 Å². The Labute approximate surface area is 120 Å². The average molecular weight is 291 g/mol. The van der Waals surface area contributed by atoms with Gasteiger partial charge in [-0.2, -0.15) is 0 Å². The smallest absolute Gasteiger partial charge is 0.292 e. The molecule has 19 heavy (non-hydrogen) atoms. The highest BCUT2D eigenvalue weighted by atomic mass is 35.5. The Kier molecular flexibility index (Phi) is 15.8. The molecule has 0 saturated carbocycles. The van der Waals surface area contributed by atoms with E-state index in [-0.39, 0.29) is 12.6 Å². The first-order valence-electron chi connectivity index (χ1n) is 6.05. The van der Waals surface area contributed by atoms with Gasteiger partial charge >= 0.3 is 0 Å². The molecule has 1 atom stereocenters.